The van der Waals surface area contributed by atoms with Crippen LogP contribution in [0.1, 0.15) is 27.2 Å². The minimum atomic E-state index is -1.01. The SMILES string of the molecule is Cc1cc2ncn(Cc3ccnc(C(=O)O)c3)c2cc1C. The summed E-state index contributed by atoms with van der Waals surface area (Å²) in [6.45, 7) is 4.71. The third kappa shape index (κ3) is 2.50. The molecular weight excluding hydrogens is 266 g/mol. The fourth-order valence-corrected chi connectivity index (χ4v) is 2.33. The molecule has 0 radical (unpaired) electrons. The second kappa shape index (κ2) is 5.01. The molecule has 0 unspecified atom stereocenters. The highest BCUT2D eigenvalue weighted by atomic mass is 16.4. The van der Waals surface area contributed by atoms with Gasteiger partial charge in [0.05, 0.1) is 17.4 Å². The molecule has 1 aromatic carbocycles. The van der Waals surface area contributed by atoms with Crippen molar-refractivity contribution in [2.75, 3.05) is 0 Å². The van der Waals surface area contributed by atoms with Crippen LogP contribution in [0.2, 0.25) is 0 Å². The van der Waals surface area contributed by atoms with E-state index in [2.05, 4.69) is 35.9 Å². The highest BCUT2D eigenvalue weighted by Gasteiger charge is 2.08. The molecule has 21 heavy (non-hydrogen) atoms. The Bertz CT molecular complexity index is 837. The topological polar surface area (TPSA) is 68.0 Å². The molecule has 0 saturated heterocycles. The zero-order chi connectivity index (χ0) is 15.0. The largest absolute Gasteiger partial charge is 0.477 e. The quantitative estimate of drug-likeness (QED) is 0.801. The number of aryl methyl sites for hydroxylation is 2. The Morgan fingerprint density at radius 3 is 2.71 bits per heavy atom. The molecule has 0 bridgehead atoms. The van der Waals surface area contributed by atoms with Crippen LogP contribution >= 0.6 is 0 Å². The van der Waals surface area contributed by atoms with Crippen molar-refractivity contribution in [3.8, 4) is 0 Å². The number of pyridine rings is 1. The smallest absolute Gasteiger partial charge is 0.354 e. The number of carboxylic acids is 1. The van der Waals surface area contributed by atoms with Gasteiger partial charge in [0.1, 0.15) is 5.69 Å². The van der Waals surface area contributed by atoms with E-state index in [-0.39, 0.29) is 5.69 Å². The molecule has 0 saturated carbocycles. The number of nitrogens with zero attached hydrogens (tertiary/aromatic N) is 3. The van der Waals surface area contributed by atoms with Crippen molar-refractivity contribution in [3.05, 3.63) is 59.2 Å². The molecule has 5 nitrogen and oxygen atoms in total. The average Bonchev–Trinajstić information content (AvgIpc) is 2.82. The Morgan fingerprint density at radius 2 is 1.95 bits per heavy atom. The molecule has 2 aromatic heterocycles. The van der Waals surface area contributed by atoms with Gasteiger partial charge in [0.2, 0.25) is 0 Å². The second-order valence-corrected chi connectivity index (χ2v) is 5.15. The summed E-state index contributed by atoms with van der Waals surface area (Å²) in [5.74, 6) is -1.01. The van der Waals surface area contributed by atoms with Crippen LogP contribution in [0.15, 0.2) is 36.8 Å². The lowest BCUT2D eigenvalue weighted by molar-refractivity contribution is 0.0690. The molecule has 0 atom stereocenters. The minimum Gasteiger partial charge on any atom is -0.477 e. The zero-order valence-corrected chi connectivity index (χ0v) is 11.9. The van der Waals surface area contributed by atoms with Crippen molar-refractivity contribution in [2.45, 2.75) is 20.4 Å². The zero-order valence-electron chi connectivity index (χ0n) is 11.9. The molecule has 3 aromatic rings. The molecule has 0 fully saturated rings. The van der Waals surface area contributed by atoms with Gasteiger partial charge in [0.15, 0.2) is 0 Å². The maximum absolute atomic E-state index is 11.0. The van der Waals surface area contributed by atoms with E-state index in [1.165, 1.54) is 17.3 Å². The first-order valence-electron chi connectivity index (χ1n) is 6.65. The van der Waals surface area contributed by atoms with E-state index < -0.39 is 5.97 Å². The summed E-state index contributed by atoms with van der Waals surface area (Å²) < 4.78 is 2.02. The van der Waals surface area contributed by atoms with E-state index >= 15 is 0 Å². The average molecular weight is 281 g/mol. The number of aromatic carboxylic acids is 1. The predicted octanol–water partition coefficient (Wildman–Crippen LogP) is 2.79. The molecule has 1 N–H and O–H groups in total. The van der Waals surface area contributed by atoms with Crippen LogP contribution in [0.25, 0.3) is 11.0 Å². The molecule has 0 amide bonds. The molecule has 3 rings (SSSR count). The van der Waals surface area contributed by atoms with Gasteiger partial charge in [-0.15, -0.1) is 0 Å². The van der Waals surface area contributed by atoms with Gasteiger partial charge in [-0.1, -0.05) is 0 Å². The summed E-state index contributed by atoms with van der Waals surface area (Å²) in [4.78, 5) is 19.2. The third-order valence-electron chi connectivity index (χ3n) is 3.63. The monoisotopic (exact) mass is 281 g/mol. The van der Waals surface area contributed by atoms with E-state index in [0.717, 1.165) is 16.6 Å². The second-order valence-electron chi connectivity index (χ2n) is 5.15. The van der Waals surface area contributed by atoms with Crippen LogP contribution in [-0.2, 0) is 6.54 Å². The maximum atomic E-state index is 11.0. The number of carbonyl (C=O) groups is 1. The Morgan fingerprint density at radius 1 is 1.19 bits per heavy atom. The summed E-state index contributed by atoms with van der Waals surface area (Å²) in [6.07, 6.45) is 3.30. The van der Waals surface area contributed by atoms with Gasteiger partial charge in [-0.3, -0.25) is 0 Å². The van der Waals surface area contributed by atoms with Gasteiger partial charge in [-0.05, 0) is 54.8 Å². The lowest BCUT2D eigenvalue weighted by atomic mass is 10.1. The number of hydrogen-bond acceptors (Lipinski definition) is 3. The summed E-state index contributed by atoms with van der Waals surface area (Å²) in [6, 6.07) is 7.59. The molecule has 0 aliphatic heterocycles. The van der Waals surface area contributed by atoms with E-state index in [4.69, 9.17) is 5.11 Å². The van der Waals surface area contributed by atoms with Crippen molar-refractivity contribution in [2.24, 2.45) is 0 Å². The van der Waals surface area contributed by atoms with Crippen LogP contribution in [0.3, 0.4) is 0 Å². The van der Waals surface area contributed by atoms with Gasteiger partial charge in [0.25, 0.3) is 0 Å². The van der Waals surface area contributed by atoms with E-state index in [9.17, 15) is 4.79 Å². The summed E-state index contributed by atoms with van der Waals surface area (Å²) in [7, 11) is 0. The Balaban J connectivity index is 2.00. The van der Waals surface area contributed by atoms with Gasteiger partial charge in [-0.2, -0.15) is 0 Å². The van der Waals surface area contributed by atoms with Crippen LogP contribution in [0.5, 0.6) is 0 Å². The highest BCUT2D eigenvalue weighted by molar-refractivity contribution is 5.85. The molecule has 0 aliphatic carbocycles. The van der Waals surface area contributed by atoms with Gasteiger partial charge >= 0.3 is 5.97 Å². The van der Waals surface area contributed by atoms with Crippen molar-refractivity contribution in [1.82, 2.24) is 14.5 Å². The number of fused-ring (bicyclic) bond motifs is 1. The fourth-order valence-electron chi connectivity index (χ4n) is 2.33. The number of benzene rings is 1. The first-order chi connectivity index (χ1) is 10.0. The molecule has 2 heterocycles. The van der Waals surface area contributed by atoms with Gasteiger partial charge in [-0.25, -0.2) is 14.8 Å². The maximum Gasteiger partial charge on any atom is 0.354 e. The standard InChI is InChI=1S/C16H15N3O2/c1-10-5-13-15(6-11(10)2)19(9-18-13)8-12-3-4-17-14(7-12)16(20)21/h3-7,9H,8H2,1-2H3,(H,20,21). The first-order valence-corrected chi connectivity index (χ1v) is 6.65. The van der Waals surface area contributed by atoms with Crippen molar-refractivity contribution < 1.29 is 9.90 Å². The molecule has 0 aliphatic rings. The van der Waals surface area contributed by atoms with Gasteiger partial charge < -0.3 is 9.67 Å². The summed E-state index contributed by atoms with van der Waals surface area (Å²) in [5.41, 5.74) is 5.37. The van der Waals surface area contributed by atoms with E-state index in [1.807, 2.05) is 10.6 Å². The number of rotatable bonds is 3. The predicted molar refractivity (Wildman–Crippen MR) is 79.5 cm³/mol. The lowest BCUT2D eigenvalue weighted by Crippen LogP contribution is -2.04. The summed E-state index contributed by atoms with van der Waals surface area (Å²) in [5, 5.41) is 8.99. The van der Waals surface area contributed by atoms with Crippen LogP contribution < -0.4 is 0 Å². The van der Waals surface area contributed by atoms with Crippen molar-refractivity contribution in [3.63, 3.8) is 0 Å². The number of imidazole rings is 1. The fraction of sp³-hybridized carbons (Fsp3) is 0.188. The molecule has 106 valence electrons. The highest BCUT2D eigenvalue weighted by Crippen LogP contribution is 2.19. The number of aromatic nitrogens is 3. The Hall–Kier alpha value is -2.69. The minimum absolute atomic E-state index is 0.0592. The Labute approximate surface area is 121 Å². The van der Waals surface area contributed by atoms with Crippen LogP contribution in [0.4, 0.5) is 0 Å². The van der Waals surface area contributed by atoms with E-state index in [0.29, 0.717) is 6.54 Å². The number of carboxylic acid groups (broad SMARTS) is 1. The van der Waals surface area contributed by atoms with Crippen molar-refractivity contribution >= 4 is 17.0 Å². The van der Waals surface area contributed by atoms with Gasteiger partial charge in [0, 0.05) is 12.7 Å². The molecular formula is C16H15N3O2. The van der Waals surface area contributed by atoms with Crippen LogP contribution in [-0.4, -0.2) is 25.6 Å². The van der Waals surface area contributed by atoms with E-state index in [1.54, 1.807) is 12.4 Å². The third-order valence-corrected chi connectivity index (χ3v) is 3.63. The Kier molecular flexibility index (Phi) is 3.17. The normalized spacial score (nSPS) is 11.0. The van der Waals surface area contributed by atoms with Crippen molar-refractivity contribution in [1.29, 1.82) is 0 Å². The van der Waals surface area contributed by atoms with Crippen LogP contribution in [0, 0.1) is 13.8 Å². The summed E-state index contributed by atoms with van der Waals surface area (Å²) >= 11 is 0. The number of hydrogen-bond donors (Lipinski definition) is 1. The molecule has 0 spiro atoms. The first kappa shape index (κ1) is 13.3. The lowest BCUT2D eigenvalue weighted by Gasteiger charge is -2.07. The molecule has 5 heteroatoms.